The molecule has 40 heavy (non-hydrogen) atoms. The number of ether oxygens (including phenoxy) is 2. The van der Waals surface area contributed by atoms with Gasteiger partial charge in [0, 0.05) is 53.7 Å². The third kappa shape index (κ3) is 5.08. The maximum Gasteiger partial charge on any atom is 0.410 e. The minimum atomic E-state index is -3.14. The van der Waals surface area contributed by atoms with Gasteiger partial charge < -0.3 is 23.8 Å². The molecule has 2 aliphatic heterocycles. The van der Waals surface area contributed by atoms with E-state index in [-0.39, 0.29) is 23.3 Å². The van der Waals surface area contributed by atoms with Crippen LogP contribution in [0.3, 0.4) is 0 Å². The number of hydrogen-bond acceptors (Lipinski definition) is 5. The highest BCUT2D eigenvalue weighted by Gasteiger charge is 2.45. The molecule has 0 fully saturated rings. The van der Waals surface area contributed by atoms with Crippen molar-refractivity contribution in [3.8, 4) is 17.6 Å². The van der Waals surface area contributed by atoms with Gasteiger partial charge in [-0.2, -0.15) is 8.78 Å². The van der Waals surface area contributed by atoms with Gasteiger partial charge in [-0.15, -0.1) is 0 Å². The number of hydrogen-bond donors (Lipinski definition) is 0. The van der Waals surface area contributed by atoms with Crippen LogP contribution >= 0.6 is 0 Å². The van der Waals surface area contributed by atoms with E-state index in [0.717, 1.165) is 4.90 Å². The molecule has 3 heterocycles. The third-order valence-corrected chi connectivity index (χ3v) is 6.92. The summed E-state index contributed by atoms with van der Waals surface area (Å²) in [7, 11) is 0. The Bertz CT molecular complexity index is 1640. The summed E-state index contributed by atoms with van der Waals surface area (Å²) in [6.07, 6.45) is 0.125. The SMILES string of the molecule is [2H]C([2H])([2H])N1C(=O)c2cccc(OC(F)F)c2[C@H]2C[C@@H]1c1nc3ccc(C#CCCN(CC)C(=O)OC(C)(C)C)cc3n12. The molecule has 210 valence electrons. The van der Waals surface area contributed by atoms with Crippen molar-refractivity contribution >= 4 is 23.0 Å². The monoisotopic (exact) mass is 553 g/mol. The fourth-order valence-corrected chi connectivity index (χ4v) is 5.25. The minimum absolute atomic E-state index is 0.00399. The Morgan fingerprint density at radius 2 is 2.08 bits per heavy atom. The lowest BCUT2D eigenvalue weighted by Crippen LogP contribution is -2.37. The van der Waals surface area contributed by atoms with Crippen molar-refractivity contribution in [2.45, 2.75) is 64.8 Å². The van der Waals surface area contributed by atoms with Crippen LogP contribution in [0.15, 0.2) is 36.4 Å². The first-order valence-electron chi connectivity index (χ1n) is 14.6. The van der Waals surface area contributed by atoms with E-state index in [9.17, 15) is 18.4 Å². The van der Waals surface area contributed by atoms with E-state index in [2.05, 4.69) is 16.8 Å². The minimum Gasteiger partial charge on any atom is -0.444 e. The molecule has 2 aromatic carbocycles. The Kier molecular flexibility index (Phi) is 6.20. The van der Waals surface area contributed by atoms with E-state index < -0.39 is 43.3 Å². The molecule has 0 spiro atoms. The molecular weight excluding hydrogens is 518 g/mol. The summed E-state index contributed by atoms with van der Waals surface area (Å²) in [5.74, 6) is 5.56. The molecule has 1 aromatic heterocycles. The zero-order valence-corrected chi connectivity index (χ0v) is 22.7. The van der Waals surface area contributed by atoms with Crippen LogP contribution in [0.4, 0.5) is 13.6 Å². The van der Waals surface area contributed by atoms with Crippen molar-refractivity contribution in [3.05, 3.63) is 58.9 Å². The van der Waals surface area contributed by atoms with E-state index >= 15 is 0 Å². The highest BCUT2D eigenvalue weighted by Crippen LogP contribution is 2.49. The number of carbonyl (C=O) groups is 2. The van der Waals surface area contributed by atoms with Crippen molar-refractivity contribution in [1.82, 2.24) is 19.4 Å². The lowest BCUT2D eigenvalue weighted by molar-refractivity contribution is -0.0507. The number of rotatable bonds is 5. The normalized spacial score (nSPS) is 19.1. The summed E-state index contributed by atoms with van der Waals surface area (Å²) in [4.78, 5) is 33.0. The maximum absolute atomic E-state index is 13.6. The van der Waals surface area contributed by atoms with E-state index in [1.165, 1.54) is 18.2 Å². The summed E-state index contributed by atoms with van der Waals surface area (Å²) in [5.41, 5.74) is 1.41. The smallest absolute Gasteiger partial charge is 0.410 e. The number of aromatic nitrogens is 2. The topological polar surface area (TPSA) is 76.9 Å². The Labute approximate surface area is 236 Å². The molecular formula is C30H32F2N4O4. The van der Waals surface area contributed by atoms with Crippen LogP contribution in [0.25, 0.3) is 11.0 Å². The van der Waals surface area contributed by atoms with Crippen LogP contribution in [0, 0.1) is 11.8 Å². The number of halogens is 2. The third-order valence-electron chi connectivity index (χ3n) is 6.92. The molecule has 0 unspecified atom stereocenters. The summed E-state index contributed by atoms with van der Waals surface area (Å²) in [5, 5.41) is 0. The number of imidazole rings is 1. The first kappa shape index (κ1) is 23.7. The van der Waals surface area contributed by atoms with Gasteiger partial charge in [-0.05, 0) is 58.0 Å². The van der Waals surface area contributed by atoms with E-state index in [0.29, 0.717) is 41.9 Å². The summed E-state index contributed by atoms with van der Waals surface area (Å²) in [6, 6.07) is 7.92. The number of alkyl halides is 2. The second-order valence-electron chi connectivity index (χ2n) is 10.7. The molecule has 2 amide bonds. The fraction of sp³-hybridized carbons (Fsp3) is 0.433. The van der Waals surface area contributed by atoms with Crippen LogP contribution < -0.4 is 4.74 Å². The standard InChI is InChI=1S/C30H32F2N4O4/c1-6-35(29(38)40-30(2,3)4)15-8-7-10-18-13-14-20-21(16-18)36-22-17-23(26(36)33-20)34(5)27(37)19-11-9-12-24(25(19)22)39-28(31)32/h9,11-14,16,22-23,28H,6,8,15,17H2,1-5H3/t22-,23-/m1/s1/i5D3. The first-order chi connectivity index (χ1) is 20.2. The van der Waals surface area contributed by atoms with Crippen LogP contribution in [-0.2, 0) is 4.74 Å². The summed E-state index contributed by atoms with van der Waals surface area (Å²) in [6.45, 7) is 2.20. The van der Waals surface area contributed by atoms with Crippen molar-refractivity contribution in [2.75, 3.05) is 20.1 Å². The number of fused-ring (bicyclic) bond motifs is 9. The van der Waals surface area contributed by atoms with Crippen molar-refractivity contribution in [3.63, 3.8) is 0 Å². The molecule has 2 aliphatic rings. The Morgan fingerprint density at radius 3 is 2.77 bits per heavy atom. The number of nitrogens with zero attached hydrogens (tertiary/aromatic N) is 4. The quantitative estimate of drug-likeness (QED) is 0.376. The molecule has 2 atom stereocenters. The van der Waals surface area contributed by atoms with Gasteiger partial charge in [-0.1, -0.05) is 17.9 Å². The number of benzene rings is 2. The second-order valence-corrected chi connectivity index (χ2v) is 10.7. The molecule has 0 N–H and O–H groups in total. The molecule has 10 heteroatoms. The summed E-state index contributed by atoms with van der Waals surface area (Å²) < 4.78 is 63.3. The van der Waals surface area contributed by atoms with Crippen molar-refractivity contribution < 1.29 is 32.0 Å². The van der Waals surface area contributed by atoms with Gasteiger partial charge in [0.05, 0.1) is 23.1 Å². The van der Waals surface area contributed by atoms with E-state index in [1.807, 2.05) is 6.92 Å². The van der Waals surface area contributed by atoms with Crippen molar-refractivity contribution in [2.24, 2.45) is 0 Å². The molecule has 8 nitrogen and oxygen atoms in total. The first-order valence-corrected chi connectivity index (χ1v) is 13.1. The van der Waals surface area contributed by atoms with Gasteiger partial charge in [-0.25, -0.2) is 9.78 Å². The van der Waals surface area contributed by atoms with Crippen molar-refractivity contribution in [1.29, 1.82) is 0 Å². The molecule has 0 saturated carbocycles. The lowest BCUT2D eigenvalue weighted by Gasteiger charge is -2.26. The Balaban J connectivity index is 1.52. The van der Waals surface area contributed by atoms with Crippen LogP contribution in [0.1, 0.15) is 84.0 Å². The van der Waals surface area contributed by atoms with Crippen LogP contribution in [0.5, 0.6) is 5.75 Å². The van der Waals surface area contributed by atoms with Gasteiger partial charge >= 0.3 is 12.7 Å². The van der Waals surface area contributed by atoms with Gasteiger partial charge in [0.25, 0.3) is 5.91 Å². The largest absolute Gasteiger partial charge is 0.444 e. The van der Waals surface area contributed by atoms with Gasteiger partial charge in [0.2, 0.25) is 0 Å². The average molecular weight is 554 g/mol. The average Bonchev–Trinajstić information content (AvgIpc) is 3.39. The molecule has 0 saturated heterocycles. The molecule has 2 bridgehead atoms. The predicted molar refractivity (Wildman–Crippen MR) is 145 cm³/mol. The highest BCUT2D eigenvalue weighted by molar-refractivity contribution is 5.97. The predicted octanol–water partition coefficient (Wildman–Crippen LogP) is 5.76. The summed E-state index contributed by atoms with van der Waals surface area (Å²) >= 11 is 0. The number of carbonyl (C=O) groups excluding carboxylic acids is 2. The van der Waals surface area contributed by atoms with Gasteiger partial charge in [0.1, 0.15) is 17.2 Å². The zero-order valence-electron chi connectivity index (χ0n) is 25.7. The Hall–Kier alpha value is -4.13. The molecule has 3 aromatic rings. The highest BCUT2D eigenvalue weighted by atomic mass is 19.3. The lowest BCUT2D eigenvalue weighted by atomic mass is 9.97. The van der Waals surface area contributed by atoms with Gasteiger partial charge in [0.15, 0.2) is 0 Å². The maximum atomic E-state index is 13.6. The van der Waals surface area contributed by atoms with Crippen LogP contribution in [0.2, 0.25) is 0 Å². The Morgan fingerprint density at radius 1 is 1.27 bits per heavy atom. The zero-order chi connectivity index (χ0) is 31.3. The second kappa shape index (κ2) is 10.5. The molecule has 5 rings (SSSR count). The van der Waals surface area contributed by atoms with E-state index in [4.69, 9.17) is 13.6 Å². The molecule has 0 radical (unpaired) electrons. The van der Waals surface area contributed by atoms with E-state index in [1.54, 1.807) is 48.4 Å². The number of amides is 2. The van der Waals surface area contributed by atoms with Crippen LogP contribution in [-0.4, -0.2) is 63.6 Å². The fourth-order valence-electron chi connectivity index (χ4n) is 5.25. The van der Waals surface area contributed by atoms with Gasteiger partial charge in [-0.3, -0.25) is 4.79 Å². The molecule has 0 aliphatic carbocycles.